The Morgan fingerprint density at radius 2 is 1.60 bits per heavy atom. The van der Waals surface area contributed by atoms with Gasteiger partial charge >= 0.3 is 0 Å². The molecular formula is C19H21F. The van der Waals surface area contributed by atoms with Gasteiger partial charge in [0, 0.05) is 11.1 Å². The van der Waals surface area contributed by atoms with Crippen molar-refractivity contribution >= 4 is 0 Å². The van der Waals surface area contributed by atoms with E-state index in [2.05, 4.69) is 44.2 Å². The van der Waals surface area contributed by atoms with E-state index in [-0.39, 0.29) is 0 Å². The highest BCUT2D eigenvalue weighted by molar-refractivity contribution is 5.80. The molecule has 0 radical (unpaired) electrons. The lowest BCUT2D eigenvalue weighted by molar-refractivity contribution is 0.221. The molecule has 0 nitrogen and oxygen atoms in total. The van der Waals surface area contributed by atoms with Gasteiger partial charge in [0.2, 0.25) is 0 Å². The average Bonchev–Trinajstić information content (AvgIpc) is 2.69. The molecule has 1 unspecified atom stereocenters. The van der Waals surface area contributed by atoms with Gasteiger partial charge in [-0.2, -0.15) is 0 Å². The Hall–Kier alpha value is -1.63. The van der Waals surface area contributed by atoms with E-state index in [1.165, 1.54) is 5.56 Å². The predicted octanol–water partition coefficient (Wildman–Crippen LogP) is 5.72. The number of rotatable bonds is 2. The van der Waals surface area contributed by atoms with Crippen molar-refractivity contribution in [2.45, 2.75) is 45.7 Å². The fraction of sp³-hybridized carbons (Fsp3) is 0.368. The van der Waals surface area contributed by atoms with Crippen LogP contribution in [0.25, 0.3) is 11.1 Å². The minimum absolute atomic E-state index is 0.423. The Bertz CT molecular complexity index is 669. The molecule has 0 saturated carbocycles. The van der Waals surface area contributed by atoms with Crippen molar-refractivity contribution in [3.63, 3.8) is 0 Å². The predicted molar refractivity (Wildman–Crippen MR) is 82.9 cm³/mol. The molecule has 2 aromatic rings. The highest BCUT2D eigenvalue weighted by Crippen LogP contribution is 2.52. The molecule has 0 spiro atoms. The number of hydrogen-bond donors (Lipinski definition) is 0. The molecule has 1 aliphatic rings. The van der Waals surface area contributed by atoms with Gasteiger partial charge in [-0.3, -0.25) is 0 Å². The second-order valence-electron chi connectivity index (χ2n) is 6.16. The maximum absolute atomic E-state index is 15.7. The molecule has 3 rings (SSSR count). The smallest absolute Gasteiger partial charge is 0.162 e. The van der Waals surface area contributed by atoms with Crippen molar-refractivity contribution in [3.8, 4) is 11.1 Å². The maximum Gasteiger partial charge on any atom is 0.162 e. The lowest BCUT2D eigenvalue weighted by Gasteiger charge is -2.22. The van der Waals surface area contributed by atoms with Gasteiger partial charge in [-0.05, 0) is 36.0 Å². The number of benzene rings is 2. The summed E-state index contributed by atoms with van der Waals surface area (Å²) in [6.45, 7) is 8.27. The first-order valence-corrected chi connectivity index (χ1v) is 7.42. The first-order valence-electron chi connectivity index (χ1n) is 7.42. The first-order chi connectivity index (χ1) is 9.47. The minimum atomic E-state index is -1.33. The number of aryl methyl sites for hydroxylation is 1. The van der Waals surface area contributed by atoms with Crippen LogP contribution in [0.3, 0.4) is 0 Å². The van der Waals surface area contributed by atoms with E-state index in [1.807, 2.05) is 19.9 Å². The molecule has 2 aromatic carbocycles. The largest absolute Gasteiger partial charge is 0.233 e. The standard InChI is InChI=1S/C19H21F/c1-5-19(20)17-10-13(4)6-8-15(17)16-9-7-14(12(2)3)11-18(16)19/h6-12H,5H2,1-4H3. The zero-order chi connectivity index (χ0) is 14.5. The summed E-state index contributed by atoms with van der Waals surface area (Å²) in [4.78, 5) is 0. The molecule has 20 heavy (non-hydrogen) atoms. The second-order valence-corrected chi connectivity index (χ2v) is 6.16. The van der Waals surface area contributed by atoms with E-state index in [0.717, 1.165) is 27.8 Å². The van der Waals surface area contributed by atoms with Crippen LogP contribution in [0.1, 0.15) is 55.4 Å². The molecule has 0 amide bonds. The molecule has 0 saturated heterocycles. The summed E-state index contributed by atoms with van der Waals surface area (Å²) in [5, 5.41) is 0. The van der Waals surface area contributed by atoms with Crippen LogP contribution in [0.2, 0.25) is 0 Å². The maximum atomic E-state index is 15.7. The van der Waals surface area contributed by atoms with Gasteiger partial charge in [-0.25, -0.2) is 4.39 Å². The van der Waals surface area contributed by atoms with Crippen molar-refractivity contribution in [1.82, 2.24) is 0 Å². The van der Waals surface area contributed by atoms with E-state index in [4.69, 9.17) is 0 Å². The lowest BCUT2D eigenvalue weighted by Crippen LogP contribution is -2.17. The van der Waals surface area contributed by atoms with Gasteiger partial charge in [0.05, 0.1) is 0 Å². The molecule has 0 fully saturated rings. The number of fused-ring (bicyclic) bond motifs is 3. The Labute approximate surface area is 120 Å². The quantitative estimate of drug-likeness (QED) is 0.653. The Morgan fingerprint density at radius 1 is 1.00 bits per heavy atom. The molecule has 1 atom stereocenters. The van der Waals surface area contributed by atoms with E-state index in [0.29, 0.717) is 12.3 Å². The zero-order valence-corrected chi connectivity index (χ0v) is 12.6. The van der Waals surface area contributed by atoms with Crippen molar-refractivity contribution < 1.29 is 4.39 Å². The molecule has 1 heteroatoms. The van der Waals surface area contributed by atoms with Gasteiger partial charge in [-0.1, -0.05) is 62.7 Å². The molecule has 0 heterocycles. The first kappa shape index (κ1) is 13.4. The minimum Gasteiger partial charge on any atom is -0.233 e. The van der Waals surface area contributed by atoms with Crippen LogP contribution in [0, 0.1) is 6.92 Å². The van der Waals surface area contributed by atoms with Crippen LogP contribution >= 0.6 is 0 Å². The van der Waals surface area contributed by atoms with E-state index < -0.39 is 5.67 Å². The van der Waals surface area contributed by atoms with Crippen LogP contribution in [-0.4, -0.2) is 0 Å². The number of hydrogen-bond acceptors (Lipinski definition) is 0. The monoisotopic (exact) mass is 268 g/mol. The fourth-order valence-electron chi connectivity index (χ4n) is 3.23. The number of alkyl halides is 1. The van der Waals surface area contributed by atoms with Crippen molar-refractivity contribution in [3.05, 3.63) is 58.7 Å². The molecule has 0 aliphatic heterocycles. The normalized spacial score (nSPS) is 20.1. The van der Waals surface area contributed by atoms with Crippen molar-refractivity contribution in [1.29, 1.82) is 0 Å². The highest BCUT2D eigenvalue weighted by atomic mass is 19.1. The topological polar surface area (TPSA) is 0 Å². The van der Waals surface area contributed by atoms with E-state index in [1.54, 1.807) is 0 Å². The average molecular weight is 268 g/mol. The summed E-state index contributed by atoms with van der Waals surface area (Å²) < 4.78 is 15.7. The van der Waals surface area contributed by atoms with Crippen molar-refractivity contribution in [2.24, 2.45) is 0 Å². The SMILES string of the molecule is CCC1(F)c2cc(C)ccc2-c2ccc(C(C)C)cc21. The van der Waals surface area contributed by atoms with Crippen LogP contribution in [0.4, 0.5) is 4.39 Å². The van der Waals surface area contributed by atoms with Gasteiger partial charge < -0.3 is 0 Å². The van der Waals surface area contributed by atoms with Gasteiger partial charge in [0.1, 0.15) is 0 Å². The Balaban J connectivity index is 2.29. The van der Waals surface area contributed by atoms with E-state index >= 15 is 4.39 Å². The molecule has 104 valence electrons. The zero-order valence-electron chi connectivity index (χ0n) is 12.6. The Kier molecular flexibility index (Phi) is 2.97. The summed E-state index contributed by atoms with van der Waals surface area (Å²) in [5.41, 5.74) is 4.82. The molecule has 0 N–H and O–H groups in total. The lowest BCUT2D eigenvalue weighted by atomic mass is 9.88. The van der Waals surface area contributed by atoms with Crippen LogP contribution in [0.5, 0.6) is 0 Å². The molecule has 1 aliphatic carbocycles. The van der Waals surface area contributed by atoms with Crippen LogP contribution in [0.15, 0.2) is 36.4 Å². The van der Waals surface area contributed by atoms with E-state index in [9.17, 15) is 0 Å². The van der Waals surface area contributed by atoms with Crippen LogP contribution < -0.4 is 0 Å². The summed E-state index contributed by atoms with van der Waals surface area (Å²) in [5.74, 6) is 0.423. The highest BCUT2D eigenvalue weighted by Gasteiger charge is 2.42. The number of halogens is 1. The van der Waals surface area contributed by atoms with Gasteiger partial charge in [0.25, 0.3) is 0 Å². The summed E-state index contributed by atoms with van der Waals surface area (Å²) >= 11 is 0. The molecule has 0 aromatic heterocycles. The summed E-state index contributed by atoms with van der Waals surface area (Å²) in [7, 11) is 0. The third kappa shape index (κ3) is 1.72. The summed E-state index contributed by atoms with van der Waals surface area (Å²) in [6, 6.07) is 12.4. The molecular weight excluding hydrogens is 247 g/mol. The van der Waals surface area contributed by atoms with Crippen molar-refractivity contribution in [2.75, 3.05) is 0 Å². The third-order valence-electron chi connectivity index (χ3n) is 4.52. The second kappa shape index (κ2) is 4.44. The van der Waals surface area contributed by atoms with Gasteiger partial charge in [-0.15, -0.1) is 0 Å². The van der Waals surface area contributed by atoms with Gasteiger partial charge in [0.15, 0.2) is 5.67 Å². The Morgan fingerprint density at radius 3 is 2.20 bits per heavy atom. The summed E-state index contributed by atoms with van der Waals surface area (Å²) in [6.07, 6.45) is 0.484. The van der Waals surface area contributed by atoms with Crippen LogP contribution in [-0.2, 0) is 5.67 Å². The third-order valence-corrected chi connectivity index (χ3v) is 4.52. The fourth-order valence-corrected chi connectivity index (χ4v) is 3.23. The molecule has 0 bridgehead atoms.